The maximum absolute atomic E-state index is 12.7. The summed E-state index contributed by atoms with van der Waals surface area (Å²) in [6.45, 7) is 12.0. The molecular weight excluding hydrogens is 442 g/mol. The van der Waals surface area contributed by atoms with Crippen molar-refractivity contribution in [3.05, 3.63) is 53.0 Å². The molecule has 0 aromatic heterocycles. The van der Waals surface area contributed by atoms with Gasteiger partial charge in [0.25, 0.3) is 0 Å². The van der Waals surface area contributed by atoms with Crippen molar-refractivity contribution in [2.45, 2.75) is 65.3 Å². The zero-order valence-corrected chi connectivity index (χ0v) is 21.7. The van der Waals surface area contributed by atoms with Crippen molar-refractivity contribution >= 4 is 12.1 Å². The molecule has 1 fully saturated rings. The molecular formula is C27H43N5O3. The molecule has 1 aliphatic heterocycles. The molecule has 194 valence electrons. The van der Waals surface area contributed by atoms with E-state index in [9.17, 15) is 10.0 Å². The van der Waals surface area contributed by atoms with Crippen LogP contribution in [-0.4, -0.2) is 49.1 Å². The molecule has 1 aromatic rings. The van der Waals surface area contributed by atoms with Gasteiger partial charge in [-0.25, -0.2) is 0 Å². The van der Waals surface area contributed by atoms with Crippen LogP contribution in [0.4, 0.5) is 0 Å². The number of piperazine rings is 1. The van der Waals surface area contributed by atoms with Gasteiger partial charge in [-0.3, -0.25) is 4.79 Å². The van der Waals surface area contributed by atoms with E-state index in [1.165, 1.54) is 24.4 Å². The SMILES string of the molecule is C=C1NC(c2ccc(OCC)cc2CC)CN/C1=C(/NC(=O)CCN(C)O)C(C=N)CCCCC. The minimum Gasteiger partial charge on any atom is -0.494 e. The topological polar surface area (TPSA) is 110 Å². The van der Waals surface area contributed by atoms with Crippen molar-refractivity contribution < 1.29 is 14.7 Å². The molecule has 1 saturated heterocycles. The van der Waals surface area contributed by atoms with E-state index in [1.807, 2.05) is 13.0 Å². The van der Waals surface area contributed by atoms with E-state index in [1.54, 1.807) is 0 Å². The molecule has 0 aliphatic carbocycles. The normalized spacial score (nSPS) is 17.9. The van der Waals surface area contributed by atoms with Crippen LogP contribution in [0.25, 0.3) is 0 Å². The van der Waals surface area contributed by atoms with Gasteiger partial charge in [0.1, 0.15) is 5.75 Å². The third kappa shape index (κ3) is 8.40. The average Bonchev–Trinajstić information content (AvgIpc) is 2.84. The average molecular weight is 486 g/mol. The van der Waals surface area contributed by atoms with E-state index < -0.39 is 0 Å². The first-order valence-electron chi connectivity index (χ1n) is 12.7. The number of carbonyl (C=O) groups excluding carboxylic acids is 1. The van der Waals surface area contributed by atoms with Crippen molar-refractivity contribution in [2.24, 2.45) is 5.92 Å². The van der Waals surface area contributed by atoms with Gasteiger partial charge in [-0.05, 0) is 43.0 Å². The van der Waals surface area contributed by atoms with Crippen molar-refractivity contribution in [1.82, 2.24) is 21.0 Å². The quantitative estimate of drug-likeness (QED) is 0.153. The molecule has 2 rings (SSSR count). The Hall–Kier alpha value is -2.84. The molecule has 8 nitrogen and oxygen atoms in total. The van der Waals surface area contributed by atoms with Gasteiger partial charge in [-0.15, -0.1) is 0 Å². The number of hydroxylamine groups is 2. The summed E-state index contributed by atoms with van der Waals surface area (Å²) in [7, 11) is 1.51. The van der Waals surface area contributed by atoms with Crippen LogP contribution in [0.3, 0.4) is 0 Å². The predicted molar refractivity (Wildman–Crippen MR) is 141 cm³/mol. The number of rotatable bonds is 14. The molecule has 1 aliphatic rings. The molecule has 0 bridgehead atoms. The van der Waals surface area contributed by atoms with E-state index >= 15 is 0 Å². The Morgan fingerprint density at radius 1 is 1.37 bits per heavy atom. The predicted octanol–water partition coefficient (Wildman–Crippen LogP) is 4.28. The lowest BCUT2D eigenvalue weighted by Crippen LogP contribution is -2.43. The minimum atomic E-state index is -0.230. The van der Waals surface area contributed by atoms with E-state index in [0.29, 0.717) is 24.5 Å². The Kier molecular flexibility index (Phi) is 11.8. The molecule has 1 amide bonds. The summed E-state index contributed by atoms with van der Waals surface area (Å²) in [5.74, 6) is 0.439. The maximum atomic E-state index is 12.7. The lowest BCUT2D eigenvalue weighted by molar-refractivity contribution is -0.124. The highest BCUT2D eigenvalue weighted by Crippen LogP contribution is 2.29. The van der Waals surface area contributed by atoms with E-state index in [2.05, 4.69) is 48.5 Å². The molecule has 35 heavy (non-hydrogen) atoms. The summed E-state index contributed by atoms with van der Waals surface area (Å²) in [6.07, 6.45) is 6.34. The van der Waals surface area contributed by atoms with E-state index in [0.717, 1.165) is 48.6 Å². The zero-order chi connectivity index (χ0) is 25.8. The number of carbonyl (C=O) groups is 1. The fourth-order valence-electron chi connectivity index (χ4n) is 4.32. The number of hydrogen-bond donors (Lipinski definition) is 5. The van der Waals surface area contributed by atoms with Gasteiger partial charge in [-0.2, -0.15) is 5.06 Å². The molecule has 2 atom stereocenters. The van der Waals surface area contributed by atoms with Crippen LogP contribution in [0.5, 0.6) is 5.75 Å². The summed E-state index contributed by atoms with van der Waals surface area (Å²) in [4.78, 5) is 12.7. The lowest BCUT2D eigenvalue weighted by atomic mass is 9.93. The second-order valence-corrected chi connectivity index (χ2v) is 8.94. The van der Waals surface area contributed by atoms with Gasteiger partial charge in [-0.1, -0.05) is 45.8 Å². The van der Waals surface area contributed by atoms with Gasteiger partial charge in [0.05, 0.1) is 29.7 Å². The molecule has 0 radical (unpaired) electrons. The molecule has 5 N–H and O–H groups in total. The highest BCUT2D eigenvalue weighted by atomic mass is 16.5. The summed E-state index contributed by atoms with van der Waals surface area (Å²) < 4.78 is 5.67. The number of hydrogen-bond acceptors (Lipinski definition) is 7. The van der Waals surface area contributed by atoms with Crippen molar-refractivity contribution in [1.29, 1.82) is 5.41 Å². The third-order valence-electron chi connectivity index (χ3n) is 6.21. The Morgan fingerprint density at radius 2 is 2.14 bits per heavy atom. The fourth-order valence-corrected chi connectivity index (χ4v) is 4.32. The first kappa shape index (κ1) is 28.4. The number of ether oxygens (including phenoxy) is 1. The Balaban J connectivity index is 2.29. The first-order chi connectivity index (χ1) is 16.8. The Morgan fingerprint density at radius 3 is 2.74 bits per heavy atom. The van der Waals surface area contributed by atoms with Crippen molar-refractivity contribution in [3.63, 3.8) is 0 Å². The highest BCUT2D eigenvalue weighted by molar-refractivity contribution is 5.80. The van der Waals surface area contributed by atoms with Crippen LogP contribution in [0.2, 0.25) is 0 Å². The van der Waals surface area contributed by atoms with Crippen LogP contribution >= 0.6 is 0 Å². The zero-order valence-electron chi connectivity index (χ0n) is 21.7. The molecule has 1 aromatic carbocycles. The van der Waals surface area contributed by atoms with Crippen LogP contribution in [0.15, 0.2) is 41.9 Å². The lowest BCUT2D eigenvalue weighted by Gasteiger charge is -2.34. The second kappa shape index (κ2) is 14.5. The molecule has 8 heteroatoms. The van der Waals surface area contributed by atoms with E-state index in [4.69, 9.17) is 10.1 Å². The molecule has 0 spiro atoms. The van der Waals surface area contributed by atoms with Crippen LogP contribution in [0, 0.1) is 11.3 Å². The number of aryl methyl sites for hydroxylation is 1. The third-order valence-corrected chi connectivity index (χ3v) is 6.21. The number of unbranched alkanes of at least 4 members (excludes halogenated alkanes) is 2. The maximum Gasteiger partial charge on any atom is 0.225 e. The van der Waals surface area contributed by atoms with Gasteiger partial charge < -0.3 is 31.3 Å². The highest BCUT2D eigenvalue weighted by Gasteiger charge is 2.27. The summed E-state index contributed by atoms with van der Waals surface area (Å²) in [5.41, 5.74) is 4.50. The summed E-state index contributed by atoms with van der Waals surface area (Å²) in [5, 5.41) is 28.5. The fraction of sp³-hybridized carbons (Fsp3) is 0.556. The number of benzene rings is 1. The number of nitrogens with one attached hydrogen (secondary N) is 4. The van der Waals surface area contributed by atoms with Gasteiger partial charge in [0.15, 0.2) is 0 Å². The first-order valence-corrected chi connectivity index (χ1v) is 12.7. The largest absolute Gasteiger partial charge is 0.494 e. The van der Waals surface area contributed by atoms with Crippen LogP contribution in [-0.2, 0) is 11.2 Å². The smallest absolute Gasteiger partial charge is 0.225 e. The van der Waals surface area contributed by atoms with Crippen LogP contribution in [0.1, 0.15) is 70.0 Å². The minimum absolute atomic E-state index is 0.0235. The number of allylic oxidation sites excluding steroid dienone is 1. The second-order valence-electron chi connectivity index (χ2n) is 8.94. The number of amides is 1. The van der Waals surface area contributed by atoms with E-state index in [-0.39, 0.29) is 30.8 Å². The summed E-state index contributed by atoms with van der Waals surface area (Å²) in [6, 6.07) is 6.22. The Labute approximate surface area is 210 Å². The summed E-state index contributed by atoms with van der Waals surface area (Å²) >= 11 is 0. The molecule has 0 saturated carbocycles. The standard InChI is InChI=1S/C27H43N5O3/c1-6-9-10-11-21(17-28)27(31-25(33)14-15-32(5)34)26-19(4)30-24(18-29-26)23-13-12-22(35-8-3)16-20(23)7-2/h12-13,16-17,21,24,28-30,34H,4,6-11,14-15,18H2,1-3,5H3,(H,31,33)/b27-26+,28-17?. The molecule has 2 unspecified atom stereocenters. The Bertz CT molecular complexity index is 897. The van der Waals surface area contributed by atoms with Gasteiger partial charge in [0.2, 0.25) is 5.91 Å². The van der Waals surface area contributed by atoms with Crippen LogP contribution < -0.4 is 20.7 Å². The van der Waals surface area contributed by atoms with Crippen molar-refractivity contribution in [2.75, 3.05) is 26.7 Å². The van der Waals surface area contributed by atoms with Gasteiger partial charge >= 0.3 is 0 Å². The molecule has 1 heterocycles. The van der Waals surface area contributed by atoms with Crippen molar-refractivity contribution in [3.8, 4) is 5.75 Å². The van der Waals surface area contributed by atoms with Gasteiger partial charge in [0, 0.05) is 38.7 Å². The monoisotopic (exact) mass is 485 g/mol. The number of nitrogens with zero attached hydrogens (tertiary/aromatic N) is 1.